The highest BCUT2D eigenvalue weighted by Gasteiger charge is 2.18. The molecule has 2 atom stereocenters. The van der Waals surface area contributed by atoms with Gasteiger partial charge in [-0.3, -0.25) is 0 Å². The third kappa shape index (κ3) is 1.70. The smallest absolute Gasteiger partial charge is 0.0414 e. The molecular formula is C10H15NS. The molecule has 66 valence electrons. The Morgan fingerprint density at radius 1 is 1.50 bits per heavy atom. The summed E-state index contributed by atoms with van der Waals surface area (Å²) in [6, 6.07) is 5.01. The van der Waals surface area contributed by atoms with Gasteiger partial charge in [-0.2, -0.15) is 0 Å². The lowest BCUT2D eigenvalue weighted by molar-refractivity contribution is 0.336. The summed E-state index contributed by atoms with van der Waals surface area (Å²) in [6.45, 7) is 3.50. The van der Waals surface area contributed by atoms with E-state index in [1.54, 1.807) is 0 Å². The number of piperidine rings is 1. The van der Waals surface area contributed by atoms with Crippen molar-refractivity contribution in [2.75, 3.05) is 6.54 Å². The van der Waals surface area contributed by atoms with E-state index < -0.39 is 0 Å². The molecule has 0 aromatic carbocycles. The van der Waals surface area contributed by atoms with Crippen molar-refractivity contribution in [3.8, 4) is 0 Å². The van der Waals surface area contributed by atoms with Gasteiger partial charge in [-0.1, -0.05) is 13.0 Å². The molecule has 2 heteroatoms. The fourth-order valence-electron chi connectivity index (χ4n) is 1.73. The maximum atomic E-state index is 3.58. The lowest BCUT2D eigenvalue weighted by atomic mass is 9.96. The van der Waals surface area contributed by atoms with Gasteiger partial charge in [0.15, 0.2) is 0 Å². The molecule has 2 rings (SSSR count). The van der Waals surface area contributed by atoms with E-state index in [2.05, 4.69) is 29.8 Å². The van der Waals surface area contributed by atoms with E-state index in [-0.39, 0.29) is 0 Å². The van der Waals surface area contributed by atoms with Crippen LogP contribution in [0.3, 0.4) is 0 Å². The Morgan fingerprint density at radius 3 is 3.00 bits per heavy atom. The number of hydrogen-bond donors (Lipinski definition) is 1. The molecule has 1 N–H and O–H groups in total. The van der Waals surface area contributed by atoms with Gasteiger partial charge in [-0.25, -0.2) is 0 Å². The molecule has 1 nitrogen and oxygen atoms in total. The highest BCUT2D eigenvalue weighted by Crippen LogP contribution is 2.28. The van der Waals surface area contributed by atoms with Crippen LogP contribution in [0.5, 0.6) is 0 Å². The molecule has 0 aliphatic carbocycles. The van der Waals surface area contributed by atoms with E-state index in [1.807, 2.05) is 11.3 Å². The molecule has 1 aliphatic rings. The molecule has 0 spiro atoms. The molecular weight excluding hydrogens is 166 g/mol. The lowest BCUT2D eigenvalue weighted by Crippen LogP contribution is -2.31. The highest BCUT2D eigenvalue weighted by atomic mass is 32.1. The normalized spacial score (nSPS) is 30.4. The van der Waals surface area contributed by atoms with Crippen molar-refractivity contribution in [2.24, 2.45) is 5.92 Å². The van der Waals surface area contributed by atoms with Crippen LogP contribution in [0.2, 0.25) is 0 Å². The maximum Gasteiger partial charge on any atom is 0.0414 e. The van der Waals surface area contributed by atoms with Gasteiger partial charge >= 0.3 is 0 Å². The van der Waals surface area contributed by atoms with Crippen LogP contribution in [-0.4, -0.2) is 6.54 Å². The Kier molecular flexibility index (Phi) is 2.47. The van der Waals surface area contributed by atoms with Gasteiger partial charge in [0.25, 0.3) is 0 Å². The second-order valence-electron chi connectivity index (χ2n) is 3.66. The van der Waals surface area contributed by atoms with Gasteiger partial charge in [0.05, 0.1) is 0 Å². The van der Waals surface area contributed by atoms with Crippen LogP contribution in [0.4, 0.5) is 0 Å². The van der Waals surface area contributed by atoms with Crippen LogP contribution in [0.25, 0.3) is 0 Å². The van der Waals surface area contributed by atoms with Gasteiger partial charge in [-0.05, 0) is 36.8 Å². The average molecular weight is 181 g/mol. The maximum absolute atomic E-state index is 3.58. The molecule has 1 aromatic rings. The molecule has 1 fully saturated rings. The van der Waals surface area contributed by atoms with Crippen molar-refractivity contribution in [1.82, 2.24) is 5.32 Å². The van der Waals surface area contributed by atoms with Gasteiger partial charge in [0.1, 0.15) is 0 Å². The quantitative estimate of drug-likeness (QED) is 0.702. The summed E-state index contributed by atoms with van der Waals surface area (Å²) < 4.78 is 0. The molecule has 1 saturated heterocycles. The van der Waals surface area contributed by atoms with Crippen LogP contribution in [0, 0.1) is 5.92 Å². The van der Waals surface area contributed by atoms with E-state index >= 15 is 0 Å². The summed E-state index contributed by atoms with van der Waals surface area (Å²) in [6.07, 6.45) is 2.68. The molecule has 0 radical (unpaired) electrons. The fraction of sp³-hybridized carbons (Fsp3) is 0.600. The van der Waals surface area contributed by atoms with Gasteiger partial charge < -0.3 is 5.32 Å². The second kappa shape index (κ2) is 3.58. The molecule has 0 saturated carbocycles. The first-order chi connectivity index (χ1) is 5.86. The summed E-state index contributed by atoms with van der Waals surface area (Å²) in [7, 11) is 0. The first-order valence-corrected chi connectivity index (χ1v) is 5.51. The van der Waals surface area contributed by atoms with E-state index in [0.717, 1.165) is 5.92 Å². The number of rotatable bonds is 1. The first kappa shape index (κ1) is 8.27. The third-order valence-electron chi connectivity index (χ3n) is 2.55. The Hall–Kier alpha value is -0.340. The van der Waals surface area contributed by atoms with E-state index in [1.165, 1.54) is 24.3 Å². The van der Waals surface area contributed by atoms with Crippen LogP contribution in [-0.2, 0) is 0 Å². The fourth-order valence-corrected chi connectivity index (χ4v) is 2.57. The van der Waals surface area contributed by atoms with E-state index in [0.29, 0.717) is 6.04 Å². The van der Waals surface area contributed by atoms with Crippen molar-refractivity contribution in [3.63, 3.8) is 0 Å². The monoisotopic (exact) mass is 181 g/mol. The van der Waals surface area contributed by atoms with Crippen molar-refractivity contribution in [1.29, 1.82) is 0 Å². The third-order valence-corrected chi connectivity index (χ3v) is 3.53. The van der Waals surface area contributed by atoms with Gasteiger partial charge in [0, 0.05) is 10.9 Å². The molecule has 0 bridgehead atoms. The van der Waals surface area contributed by atoms with Crippen LogP contribution in [0.1, 0.15) is 30.7 Å². The van der Waals surface area contributed by atoms with Crippen molar-refractivity contribution < 1.29 is 0 Å². The highest BCUT2D eigenvalue weighted by molar-refractivity contribution is 7.10. The number of hydrogen-bond acceptors (Lipinski definition) is 2. The minimum absolute atomic E-state index is 0.640. The minimum Gasteiger partial charge on any atom is -0.309 e. The standard InChI is InChI=1S/C10H15NS/c1-8-4-5-9(11-7-8)10-3-2-6-12-10/h2-3,6,8-9,11H,4-5,7H2,1H3/t8-,9+/m1/s1. The zero-order valence-corrected chi connectivity index (χ0v) is 8.23. The van der Waals surface area contributed by atoms with Crippen molar-refractivity contribution in [3.05, 3.63) is 22.4 Å². The predicted octanol–water partition coefficient (Wildman–Crippen LogP) is 2.81. The zero-order valence-electron chi connectivity index (χ0n) is 7.42. The van der Waals surface area contributed by atoms with Crippen molar-refractivity contribution in [2.45, 2.75) is 25.8 Å². The van der Waals surface area contributed by atoms with E-state index in [4.69, 9.17) is 0 Å². The summed E-state index contributed by atoms with van der Waals surface area (Å²) in [5, 5.41) is 5.74. The molecule has 1 aliphatic heterocycles. The summed E-state index contributed by atoms with van der Waals surface area (Å²) >= 11 is 1.87. The van der Waals surface area contributed by atoms with Crippen LogP contribution >= 0.6 is 11.3 Å². The Morgan fingerprint density at radius 2 is 2.42 bits per heavy atom. The molecule has 0 unspecified atom stereocenters. The molecule has 12 heavy (non-hydrogen) atoms. The summed E-state index contributed by atoms with van der Waals surface area (Å²) in [4.78, 5) is 1.50. The Bertz CT molecular complexity index is 222. The summed E-state index contributed by atoms with van der Waals surface area (Å²) in [5.41, 5.74) is 0. The Labute approximate surface area is 77.8 Å². The SMILES string of the molecule is C[C@@H]1CC[C@@H](c2cccs2)NC1. The van der Waals surface area contributed by atoms with Crippen molar-refractivity contribution >= 4 is 11.3 Å². The molecule has 0 amide bonds. The Balaban J connectivity index is 1.99. The second-order valence-corrected chi connectivity index (χ2v) is 4.64. The predicted molar refractivity (Wildman–Crippen MR) is 53.5 cm³/mol. The van der Waals surface area contributed by atoms with Gasteiger partial charge in [-0.15, -0.1) is 11.3 Å². The lowest BCUT2D eigenvalue weighted by Gasteiger charge is -2.26. The minimum atomic E-state index is 0.640. The average Bonchev–Trinajstić information content (AvgIpc) is 2.58. The molecule has 1 aromatic heterocycles. The zero-order chi connectivity index (χ0) is 8.39. The van der Waals surface area contributed by atoms with Crippen LogP contribution in [0.15, 0.2) is 17.5 Å². The largest absolute Gasteiger partial charge is 0.309 e. The first-order valence-electron chi connectivity index (χ1n) is 4.63. The molecule has 2 heterocycles. The van der Waals surface area contributed by atoms with Gasteiger partial charge in [0.2, 0.25) is 0 Å². The number of thiophene rings is 1. The van der Waals surface area contributed by atoms with Crippen LogP contribution < -0.4 is 5.32 Å². The van der Waals surface area contributed by atoms with E-state index in [9.17, 15) is 0 Å². The topological polar surface area (TPSA) is 12.0 Å². The summed E-state index contributed by atoms with van der Waals surface area (Å²) in [5.74, 6) is 0.862. The number of nitrogens with one attached hydrogen (secondary N) is 1.